The van der Waals surface area contributed by atoms with Crippen LogP contribution in [0.2, 0.25) is 0 Å². The number of guanidine groups is 1. The predicted molar refractivity (Wildman–Crippen MR) is 98.1 cm³/mol. The van der Waals surface area contributed by atoms with E-state index in [4.69, 9.17) is 0 Å². The average molecular weight is 404 g/mol. The molecule has 6 heteroatoms. The van der Waals surface area contributed by atoms with E-state index in [0.29, 0.717) is 5.96 Å². The molecule has 0 bridgehead atoms. The van der Waals surface area contributed by atoms with E-state index in [9.17, 15) is 4.79 Å². The molecule has 21 heavy (non-hydrogen) atoms. The fourth-order valence-corrected chi connectivity index (χ4v) is 1.64. The molecule has 1 unspecified atom stereocenters. The summed E-state index contributed by atoms with van der Waals surface area (Å²) >= 11 is 0. The Balaban J connectivity index is 0.00000400. The van der Waals surface area contributed by atoms with Gasteiger partial charge in [-0.3, -0.25) is 4.79 Å². The number of hydrogen-bond donors (Lipinski definition) is 2. The summed E-state index contributed by atoms with van der Waals surface area (Å²) in [4.78, 5) is 17.4. The average Bonchev–Trinajstić information content (AvgIpc) is 2.45. The Morgan fingerprint density at radius 2 is 1.90 bits per heavy atom. The van der Waals surface area contributed by atoms with Gasteiger partial charge in [0.15, 0.2) is 5.96 Å². The number of rotatable bonds is 5. The Morgan fingerprint density at radius 3 is 2.43 bits per heavy atom. The molecule has 2 N–H and O–H groups in total. The minimum Gasteiger partial charge on any atom is -0.357 e. The number of benzene rings is 1. The molecule has 0 radical (unpaired) electrons. The van der Waals surface area contributed by atoms with E-state index in [-0.39, 0.29) is 42.5 Å². The van der Waals surface area contributed by atoms with Gasteiger partial charge in [-0.1, -0.05) is 30.3 Å². The molecule has 0 saturated carbocycles. The summed E-state index contributed by atoms with van der Waals surface area (Å²) in [5, 5.41) is 6.44. The van der Waals surface area contributed by atoms with Crippen LogP contribution in [-0.4, -0.2) is 44.0 Å². The largest absolute Gasteiger partial charge is 0.357 e. The number of carbonyl (C=O) groups excluding carboxylic acids is 1. The Kier molecular flexibility index (Phi) is 9.77. The molecule has 0 fully saturated rings. The van der Waals surface area contributed by atoms with Crippen molar-refractivity contribution < 1.29 is 4.79 Å². The molecule has 0 saturated heterocycles. The second kappa shape index (κ2) is 10.4. The van der Waals surface area contributed by atoms with Gasteiger partial charge >= 0.3 is 0 Å². The summed E-state index contributed by atoms with van der Waals surface area (Å²) < 4.78 is 0. The van der Waals surface area contributed by atoms with Gasteiger partial charge in [0.05, 0.1) is 6.04 Å². The molecule has 0 aliphatic carbocycles. The van der Waals surface area contributed by atoms with Gasteiger partial charge in [0.2, 0.25) is 5.91 Å². The molecule has 0 spiro atoms. The van der Waals surface area contributed by atoms with Crippen molar-refractivity contribution in [2.24, 2.45) is 4.99 Å². The first-order valence-electron chi connectivity index (χ1n) is 6.84. The van der Waals surface area contributed by atoms with Crippen molar-refractivity contribution in [3.63, 3.8) is 0 Å². The third-order valence-corrected chi connectivity index (χ3v) is 2.87. The van der Waals surface area contributed by atoms with Crippen molar-refractivity contribution in [3.8, 4) is 0 Å². The molecule has 1 aromatic carbocycles. The van der Waals surface area contributed by atoms with E-state index >= 15 is 0 Å². The minimum absolute atomic E-state index is 0. The van der Waals surface area contributed by atoms with Crippen LogP contribution in [0.3, 0.4) is 0 Å². The van der Waals surface area contributed by atoms with Crippen LogP contribution >= 0.6 is 24.0 Å². The molecule has 1 aromatic rings. The highest BCUT2D eigenvalue weighted by molar-refractivity contribution is 14.0. The predicted octanol–water partition coefficient (Wildman–Crippen LogP) is 2.01. The van der Waals surface area contributed by atoms with Crippen LogP contribution < -0.4 is 10.6 Å². The maximum absolute atomic E-state index is 11.6. The molecule has 0 heterocycles. The van der Waals surface area contributed by atoms with Crippen LogP contribution in [0.15, 0.2) is 35.3 Å². The number of halogens is 1. The zero-order valence-corrected chi connectivity index (χ0v) is 15.4. The van der Waals surface area contributed by atoms with Gasteiger partial charge in [-0.15, -0.1) is 24.0 Å². The van der Waals surface area contributed by atoms with Crippen LogP contribution in [0.1, 0.15) is 25.5 Å². The molecule has 118 valence electrons. The van der Waals surface area contributed by atoms with Gasteiger partial charge in [-0.05, 0) is 19.4 Å². The molecule has 5 nitrogen and oxygen atoms in total. The molecular weight excluding hydrogens is 379 g/mol. The highest BCUT2D eigenvalue weighted by atomic mass is 127. The fourth-order valence-electron chi connectivity index (χ4n) is 1.64. The van der Waals surface area contributed by atoms with Crippen molar-refractivity contribution in [1.29, 1.82) is 0 Å². The summed E-state index contributed by atoms with van der Waals surface area (Å²) in [6, 6.07) is 10.3. The van der Waals surface area contributed by atoms with Crippen LogP contribution in [0.4, 0.5) is 0 Å². The number of aliphatic imine (C=N–C) groups is 1. The number of nitrogens with one attached hydrogen (secondary N) is 2. The Labute approximate surface area is 144 Å². The SMILES string of the molecule is CCNC(=NCC(=O)N(C)C)NC(C)c1ccccc1.I. The smallest absolute Gasteiger partial charge is 0.243 e. The van der Waals surface area contributed by atoms with Gasteiger partial charge in [0, 0.05) is 20.6 Å². The first-order chi connectivity index (χ1) is 9.54. The van der Waals surface area contributed by atoms with Crippen LogP contribution in [0.5, 0.6) is 0 Å². The van der Waals surface area contributed by atoms with Gasteiger partial charge in [0.1, 0.15) is 6.54 Å². The standard InChI is InChI=1S/C15H24N4O.HI/c1-5-16-15(17-11-14(20)19(3)4)18-12(2)13-9-7-6-8-10-13;/h6-10,12H,5,11H2,1-4H3,(H2,16,17,18);1H. The van der Waals surface area contributed by atoms with Crippen molar-refractivity contribution in [2.75, 3.05) is 27.2 Å². The normalized spacial score (nSPS) is 12.1. The van der Waals surface area contributed by atoms with Gasteiger partial charge in [-0.2, -0.15) is 0 Å². The highest BCUT2D eigenvalue weighted by Crippen LogP contribution is 2.10. The molecule has 0 aliphatic heterocycles. The Bertz CT molecular complexity index is 448. The lowest BCUT2D eigenvalue weighted by Crippen LogP contribution is -2.39. The van der Waals surface area contributed by atoms with E-state index in [0.717, 1.165) is 6.54 Å². The van der Waals surface area contributed by atoms with Crippen LogP contribution in [0.25, 0.3) is 0 Å². The zero-order valence-electron chi connectivity index (χ0n) is 13.1. The highest BCUT2D eigenvalue weighted by Gasteiger charge is 2.08. The summed E-state index contributed by atoms with van der Waals surface area (Å²) in [6.45, 7) is 4.96. The lowest BCUT2D eigenvalue weighted by atomic mass is 10.1. The summed E-state index contributed by atoms with van der Waals surface area (Å²) in [7, 11) is 3.45. The van der Waals surface area contributed by atoms with E-state index in [1.54, 1.807) is 14.1 Å². The molecule has 0 aromatic heterocycles. The third kappa shape index (κ3) is 7.31. The van der Waals surface area contributed by atoms with Gasteiger partial charge in [-0.25, -0.2) is 4.99 Å². The van der Waals surface area contributed by atoms with E-state index in [1.165, 1.54) is 10.5 Å². The maximum Gasteiger partial charge on any atom is 0.243 e. The van der Waals surface area contributed by atoms with Crippen molar-refractivity contribution in [3.05, 3.63) is 35.9 Å². The second-order valence-electron chi connectivity index (χ2n) is 4.76. The second-order valence-corrected chi connectivity index (χ2v) is 4.76. The lowest BCUT2D eigenvalue weighted by molar-refractivity contribution is -0.127. The Morgan fingerprint density at radius 1 is 1.29 bits per heavy atom. The summed E-state index contributed by atoms with van der Waals surface area (Å²) in [6.07, 6.45) is 0. The first-order valence-corrected chi connectivity index (χ1v) is 6.84. The molecular formula is C15H25IN4O. The summed E-state index contributed by atoms with van der Waals surface area (Å²) in [5.74, 6) is 0.633. The van der Waals surface area contributed by atoms with E-state index < -0.39 is 0 Å². The van der Waals surface area contributed by atoms with E-state index in [2.05, 4.69) is 34.7 Å². The molecule has 1 atom stereocenters. The Hall–Kier alpha value is -1.31. The number of likely N-dealkylation sites (N-methyl/N-ethyl adjacent to an activating group) is 1. The van der Waals surface area contributed by atoms with E-state index in [1.807, 2.05) is 25.1 Å². The summed E-state index contributed by atoms with van der Waals surface area (Å²) in [5.41, 5.74) is 1.18. The number of amides is 1. The zero-order chi connectivity index (χ0) is 15.0. The lowest BCUT2D eigenvalue weighted by Gasteiger charge is -2.18. The van der Waals surface area contributed by atoms with Gasteiger partial charge in [0.25, 0.3) is 0 Å². The van der Waals surface area contributed by atoms with Crippen molar-refractivity contribution >= 4 is 35.8 Å². The van der Waals surface area contributed by atoms with Gasteiger partial charge < -0.3 is 15.5 Å². The molecule has 1 amide bonds. The first kappa shape index (κ1) is 19.7. The van der Waals surface area contributed by atoms with Crippen LogP contribution in [0, 0.1) is 0 Å². The number of nitrogens with zero attached hydrogens (tertiary/aromatic N) is 2. The van der Waals surface area contributed by atoms with Crippen LogP contribution in [-0.2, 0) is 4.79 Å². The van der Waals surface area contributed by atoms with Crippen molar-refractivity contribution in [2.45, 2.75) is 19.9 Å². The molecule has 0 aliphatic rings. The topological polar surface area (TPSA) is 56.7 Å². The monoisotopic (exact) mass is 404 g/mol. The minimum atomic E-state index is -0.0189. The fraction of sp³-hybridized carbons (Fsp3) is 0.467. The number of carbonyl (C=O) groups is 1. The van der Waals surface area contributed by atoms with Crippen molar-refractivity contribution in [1.82, 2.24) is 15.5 Å². The third-order valence-electron chi connectivity index (χ3n) is 2.87. The number of hydrogen-bond acceptors (Lipinski definition) is 2. The quantitative estimate of drug-likeness (QED) is 0.449. The maximum atomic E-state index is 11.6. The molecule has 1 rings (SSSR count).